The molecule has 7 nitrogen and oxygen atoms in total. The Balaban J connectivity index is 1.69. The fourth-order valence-corrected chi connectivity index (χ4v) is 5.40. The Morgan fingerprint density at radius 1 is 1.13 bits per heavy atom. The molecule has 1 fully saturated rings. The summed E-state index contributed by atoms with van der Waals surface area (Å²) < 4.78 is 37.7. The number of sulfonamides is 1. The highest BCUT2D eigenvalue weighted by atomic mass is 35.5. The molecule has 1 N–H and O–H groups in total. The fraction of sp³-hybridized carbons (Fsp3) is 0.381. The van der Waals surface area contributed by atoms with Gasteiger partial charge in [-0.1, -0.05) is 29.3 Å². The summed E-state index contributed by atoms with van der Waals surface area (Å²) in [6.07, 6.45) is 1.20. The molecule has 1 aliphatic heterocycles. The first-order valence-electron chi connectivity index (χ1n) is 9.68. The molecular formula is C21H24Cl2N2O5S. The van der Waals surface area contributed by atoms with Crippen LogP contribution in [0.3, 0.4) is 0 Å². The van der Waals surface area contributed by atoms with Gasteiger partial charge in [-0.3, -0.25) is 4.79 Å². The van der Waals surface area contributed by atoms with E-state index in [2.05, 4.69) is 5.32 Å². The van der Waals surface area contributed by atoms with Crippen LogP contribution in [0.25, 0.3) is 0 Å². The fourth-order valence-electron chi connectivity index (χ4n) is 3.48. The molecule has 1 atom stereocenters. The van der Waals surface area contributed by atoms with Gasteiger partial charge in [-0.05, 0) is 42.7 Å². The third kappa shape index (κ3) is 5.83. The Hall–Kier alpha value is -2.00. The van der Waals surface area contributed by atoms with Crippen LogP contribution < -0.4 is 14.8 Å². The second-order valence-corrected chi connectivity index (χ2v) is 10.0. The first-order valence-corrected chi connectivity index (χ1v) is 12.0. The molecule has 1 saturated heterocycles. The predicted molar refractivity (Wildman–Crippen MR) is 122 cm³/mol. The monoisotopic (exact) mass is 486 g/mol. The molecule has 31 heavy (non-hydrogen) atoms. The van der Waals surface area contributed by atoms with Crippen molar-refractivity contribution in [2.75, 3.05) is 32.6 Å². The van der Waals surface area contributed by atoms with Crippen molar-refractivity contribution in [3.05, 3.63) is 52.0 Å². The highest BCUT2D eigenvalue weighted by molar-refractivity contribution is 7.88. The molecular weight excluding hydrogens is 463 g/mol. The van der Waals surface area contributed by atoms with Crippen molar-refractivity contribution < 1.29 is 22.7 Å². The number of nitrogens with zero attached hydrogens (tertiary/aromatic N) is 1. The number of hydrogen-bond donors (Lipinski definition) is 1. The van der Waals surface area contributed by atoms with E-state index in [1.54, 1.807) is 43.5 Å². The van der Waals surface area contributed by atoms with Gasteiger partial charge in [0.1, 0.15) is 11.5 Å². The van der Waals surface area contributed by atoms with E-state index in [-0.39, 0.29) is 18.2 Å². The number of halogens is 2. The lowest BCUT2D eigenvalue weighted by Gasteiger charge is -2.31. The van der Waals surface area contributed by atoms with Gasteiger partial charge in [-0.2, -0.15) is 0 Å². The number of rotatable bonds is 7. The first-order chi connectivity index (χ1) is 14.7. The topological polar surface area (TPSA) is 84.9 Å². The van der Waals surface area contributed by atoms with Gasteiger partial charge in [-0.25, -0.2) is 12.7 Å². The smallest absolute Gasteiger partial charge is 0.228 e. The van der Waals surface area contributed by atoms with Gasteiger partial charge < -0.3 is 14.8 Å². The predicted octanol–water partition coefficient (Wildman–Crippen LogP) is 4.19. The van der Waals surface area contributed by atoms with E-state index in [1.807, 2.05) is 0 Å². The highest BCUT2D eigenvalue weighted by Gasteiger charge is 2.32. The molecule has 0 radical (unpaired) electrons. The number of ether oxygens (including phenoxy) is 2. The zero-order valence-corrected chi connectivity index (χ0v) is 19.6. The van der Waals surface area contributed by atoms with Crippen molar-refractivity contribution in [3.8, 4) is 11.5 Å². The number of carbonyl (C=O) groups excluding carboxylic acids is 1. The van der Waals surface area contributed by atoms with Crippen LogP contribution in [0.2, 0.25) is 10.0 Å². The molecule has 1 heterocycles. The number of nitrogens with one attached hydrogen (secondary N) is 1. The van der Waals surface area contributed by atoms with Gasteiger partial charge in [0.05, 0.1) is 41.6 Å². The quantitative estimate of drug-likeness (QED) is 0.633. The zero-order chi connectivity index (χ0) is 22.6. The summed E-state index contributed by atoms with van der Waals surface area (Å²) in [5, 5.41) is 3.52. The van der Waals surface area contributed by atoms with Gasteiger partial charge >= 0.3 is 0 Å². The SMILES string of the molecule is COc1ccc(NC(=O)C2CCCN(S(=O)(=O)Cc3ccc(Cl)c(Cl)c3)C2)c(OC)c1. The van der Waals surface area contributed by atoms with Gasteiger partial charge in [0.15, 0.2) is 0 Å². The number of benzene rings is 2. The highest BCUT2D eigenvalue weighted by Crippen LogP contribution is 2.31. The molecule has 168 valence electrons. The number of methoxy groups -OCH3 is 2. The van der Waals surface area contributed by atoms with Crippen LogP contribution in [0, 0.1) is 5.92 Å². The molecule has 10 heteroatoms. The molecule has 0 saturated carbocycles. The number of hydrogen-bond acceptors (Lipinski definition) is 5. The molecule has 1 aliphatic rings. The Morgan fingerprint density at radius 2 is 1.90 bits per heavy atom. The van der Waals surface area contributed by atoms with E-state index in [0.717, 1.165) is 0 Å². The summed E-state index contributed by atoms with van der Waals surface area (Å²) in [5.41, 5.74) is 1.05. The Bertz CT molecular complexity index is 1060. The van der Waals surface area contributed by atoms with Crippen molar-refractivity contribution in [1.82, 2.24) is 4.31 Å². The van der Waals surface area contributed by atoms with E-state index in [0.29, 0.717) is 52.2 Å². The maximum Gasteiger partial charge on any atom is 0.228 e. The maximum absolute atomic E-state index is 12.9. The summed E-state index contributed by atoms with van der Waals surface area (Å²) in [5.74, 6) is 0.145. The van der Waals surface area contributed by atoms with Crippen LogP contribution in [0.4, 0.5) is 5.69 Å². The van der Waals surface area contributed by atoms with Crippen LogP contribution in [0.15, 0.2) is 36.4 Å². The lowest BCUT2D eigenvalue weighted by Crippen LogP contribution is -2.44. The van der Waals surface area contributed by atoms with E-state index < -0.39 is 15.9 Å². The Labute approximate surface area is 192 Å². The number of amides is 1. The first kappa shape index (κ1) is 23.7. The molecule has 2 aromatic rings. The van der Waals surface area contributed by atoms with E-state index in [9.17, 15) is 13.2 Å². The third-order valence-corrected chi connectivity index (χ3v) is 7.70. The van der Waals surface area contributed by atoms with E-state index >= 15 is 0 Å². The third-order valence-electron chi connectivity index (χ3n) is 5.15. The van der Waals surface area contributed by atoms with Gasteiger partial charge in [0.25, 0.3) is 0 Å². The zero-order valence-electron chi connectivity index (χ0n) is 17.2. The van der Waals surface area contributed by atoms with Crippen molar-refractivity contribution in [2.45, 2.75) is 18.6 Å². The molecule has 3 rings (SSSR count). The number of anilines is 1. The van der Waals surface area contributed by atoms with Gasteiger partial charge in [0.2, 0.25) is 15.9 Å². The molecule has 0 aromatic heterocycles. The molecule has 0 aliphatic carbocycles. The number of piperidine rings is 1. The lowest BCUT2D eigenvalue weighted by molar-refractivity contribution is -0.120. The molecule has 0 spiro atoms. The molecule has 1 unspecified atom stereocenters. The minimum atomic E-state index is -3.62. The average molecular weight is 487 g/mol. The van der Waals surface area contributed by atoms with Crippen LogP contribution >= 0.6 is 23.2 Å². The van der Waals surface area contributed by atoms with Crippen LogP contribution in [-0.2, 0) is 20.6 Å². The molecule has 2 aromatic carbocycles. The lowest BCUT2D eigenvalue weighted by atomic mass is 9.98. The summed E-state index contributed by atoms with van der Waals surface area (Å²) in [4.78, 5) is 12.9. The normalized spacial score (nSPS) is 17.2. The average Bonchev–Trinajstić information content (AvgIpc) is 2.76. The maximum atomic E-state index is 12.9. The van der Waals surface area contributed by atoms with Gasteiger partial charge in [0, 0.05) is 19.2 Å². The minimum absolute atomic E-state index is 0.119. The van der Waals surface area contributed by atoms with E-state index in [1.165, 1.54) is 11.4 Å². The second-order valence-electron chi connectivity index (χ2n) is 7.26. The number of carbonyl (C=O) groups is 1. The van der Waals surface area contributed by atoms with Crippen molar-refractivity contribution >= 4 is 44.8 Å². The van der Waals surface area contributed by atoms with Crippen LogP contribution in [-0.4, -0.2) is 45.9 Å². The summed E-state index contributed by atoms with van der Waals surface area (Å²) in [6, 6.07) is 9.83. The van der Waals surface area contributed by atoms with Crippen LogP contribution in [0.1, 0.15) is 18.4 Å². The largest absolute Gasteiger partial charge is 0.497 e. The Kier molecular flexibility index (Phi) is 7.69. The van der Waals surface area contributed by atoms with Gasteiger partial charge in [-0.15, -0.1) is 0 Å². The summed E-state index contributed by atoms with van der Waals surface area (Å²) in [7, 11) is -0.571. The molecule has 1 amide bonds. The summed E-state index contributed by atoms with van der Waals surface area (Å²) in [6.45, 7) is 0.493. The molecule has 0 bridgehead atoms. The van der Waals surface area contributed by atoms with Crippen molar-refractivity contribution in [3.63, 3.8) is 0 Å². The Morgan fingerprint density at radius 3 is 2.58 bits per heavy atom. The van der Waals surface area contributed by atoms with Crippen molar-refractivity contribution in [2.24, 2.45) is 5.92 Å². The van der Waals surface area contributed by atoms with Crippen LogP contribution in [0.5, 0.6) is 11.5 Å². The van der Waals surface area contributed by atoms with Crippen molar-refractivity contribution in [1.29, 1.82) is 0 Å². The standard InChI is InChI=1S/C21H24Cl2N2O5S/c1-29-16-6-8-19(20(11-16)30-2)24-21(26)15-4-3-9-25(12-15)31(27,28)13-14-5-7-17(22)18(23)10-14/h5-8,10-11,15H,3-4,9,12-13H2,1-2H3,(H,24,26). The summed E-state index contributed by atoms with van der Waals surface area (Å²) >= 11 is 11.9. The van der Waals surface area contributed by atoms with E-state index in [4.69, 9.17) is 32.7 Å². The second kappa shape index (κ2) is 10.1. The minimum Gasteiger partial charge on any atom is -0.497 e.